The van der Waals surface area contributed by atoms with Crippen molar-refractivity contribution in [1.29, 1.82) is 0 Å². The summed E-state index contributed by atoms with van der Waals surface area (Å²) in [4.78, 5) is 2.49. The zero-order valence-electron chi connectivity index (χ0n) is 12.1. The van der Waals surface area contributed by atoms with Crippen molar-refractivity contribution < 1.29 is 5.11 Å². The van der Waals surface area contributed by atoms with Gasteiger partial charge in [-0.1, -0.05) is 44.2 Å². The summed E-state index contributed by atoms with van der Waals surface area (Å²) in [5, 5.41) is 13.5. The van der Waals surface area contributed by atoms with E-state index < -0.39 is 0 Å². The Morgan fingerprint density at radius 2 is 1.95 bits per heavy atom. The minimum Gasteiger partial charge on any atom is -0.394 e. The van der Waals surface area contributed by atoms with Crippen molar-refractivity contribution in [2.45, 2.75) is 38.3 Å². The number of aliphatic hydroxyl groups excluding tert-OH is 1. The molecule has 1 atom stereocenters. The molecule has 1 unspecified atom stereocenters. The van der Waals surface area contributed by atoms with Crippen molar-refractivity contribution in [1.82, 2.24) is 10.2 Å². The van der Waals surface area contributed by atoms with Crippen molar-refractivity contribution in [3.8, 4) is 0 Å². The molecule has 0 bridgehead atoms. The lowest BCUT2D eigenvalue weighted by molar-refractivity contribution is 0.106. The predicted molar refractivity (Wildman–Crippen MR) is 79.2 cm³/mol. The molecule has 19 heavy (non-hydrogen) atoms. The second kappa shape index (κ2) is 6.51. The van der Waals surface area contributed by atoms with E-state index in [9.17, 15) is 5.11 Å². The summed E-state index contributed by atoms with van der Waals surface area (Å²) in [7, 11) is 0. The van der Waals surface area contributed by atoms with Crippen LogP contribution in [0.1, 0.15) is 32.3 Å². The Morgan fingerprint density at radius 1 is 1.26 bits per heavy atom. The van der Waals surface area contributed by atoms with E-state index in [-0.39, 0.29) is 12.1 Å². The Bertz CT molecular complexity index is 378. The fourth-order valence-corrected chi connectivity index (χ4v) is 2.83. The van der Waals surface area contributed by atoms with E-state index >= 15 is 0 Å². The Hall–Kier alpha value is -0.900. The molecular weight excluding hydrogens is 236 g/mol. The number of hydrogen-bond donors (Lipinski definition) is 2. The number of aliphatic hydroxyl groups is 1. The molecule has 1 aliphatic carbocycles. The number of benzene rings is 1. The maximum atomic E-state index is 10.0. The highest BCUT2D eigenvalue weighted by molar-refractivity contribution is 5.25. The summed E-state index contributed by atoms with van der Waals surface area (Å²) >= 11 is 0. The van der Waals surface area contributed by atoms with Gasteiger partial charge in [0.1, 0.15) is 0 Å². The number of nitrogens with zero attached hydrogens (tertiary/aromatic N) is 1. The van der Waals surface area contributed by atoms with Crippen molar-refractivity contribution in [2.75, 3.05) is 26.2 Å². The van der Waals surface area contributed by atoms with E-state index in [0.29, 0.717) is 0 Å². The van der Waals surface area contributed by atoms with Gasteiger partial charge in [0.05, 0.1) is 12.1 Å². The second-order valence-electron chi connectivity index (χ2n) is 5.43. The lowest BCUT2D eigenvalue weighted by Crippen LogP contribution is -2.54. The Morgan fingerprint density at radius 3 is 2.42 bits per heavy atom. The highest BCUT2D eigenvalue weighted by atomic mass is 16.3. The maximum Gasteiger partial charge on any atom is 0.0797 e. The standard InChI is InChI=1S/C16H26N2O/c1-3-17-16(13-19,14-8-6-5-7-9-14)12-18(4-2)15-10-11-15/h5-9,15,17,19H,3-4,10-13H2,1-2H3. The molecule has 2 N–H and O–H groups in total. The molecule has 106 valence electrons. The molecule has 1 aromatic carbocycles. The van der Waals surface area contributed by atoms with E-state index in [1.807, 2.05) is 18.2 Å². The first-order valence-corrected chi connectivity index (χ1v) is 7.41. The summed E-state index contributed by atoms with van der Waals surface area (Å²) < 4.78 is 0. The zero-order valence-corrected chi connectivity index (χ0v) is 12.1. The first kappa shape index (κ1) is 14.5. The summed E-state index contributed by atoms with van der Waals surface area (Å²) in [6, 6.07) is 11.1. The Balaban J connectivity index is 2.22. The molecule has 1 aliphatic rings. The van der Waals surface area contributed by atoms with Crippen LogP contribution >= 0.6 is 0 Å². The molecule has 0 radical (unpaired) electrons. The third-order valence-corrected chi connectivity index (χ3v) is 4.05. The van der Waals surface area contributed by atoms with Gasteiger partial charge in [0.25, 0.3) is 0 Å². The molecule has 2 rings (SSSR count). The topological polar surface area (TPSA) is 35.5 Å². The normalized spacial score (nSPS) is 18.5. The van der Waals surface area contributed by atoms with Gasteiger partial charge in [-0.25, -0.2) is 0 Å². The third-order valence-electron chi connectivity index (χ3n) is 4.05. The first-order valence-electron chi connectivity index (χ1n) is 7.41. The van der Waals surface area contributed by atoms with Crippen LogP contribution < -0.4 is 5.32 Å². The SMILES string of the molecule is CCNC(CO)(CN(CC)C1CC1)c1ccccc1. The molecule has 0 aromatic heterocycles. The van der Waals surface area contributed by atoms with Crippen LogP contribution in [0.2, 0.25) is 0 Å². The van der Waals surface area contributed by atoms with Crippen LogP contribution in [0.3, 0.4) is 0 Å². The van der Waals surface area contributed by atoms with Gasteiger partial charge in [-0.2, -0.15) is 0 Å². The number of rotatable bonds is 8. The fourth-order valence-electron chi connectivity index (χ4n) is 2.83. The molecule has 1 fully saturated rings. The number of hydrogen-bond acceptors (Lipinski definition) is 3. The zero-order chi connectivity index (χ0) is 13.7. The summed E-state index contributed by atoms with van der Waals surface area (Å²) in [5.41, 5.74) is 0.840. The summed E-state index contributed by atoms with van der Waals surface area (Å²) in [6.07, 6.45) is 2.60. The predicted octanol–water partition coefficient (Wildman–Crippen LogP) is 1.97. The minimum absolute atomic E-state index is 0.133. The molecule has 1 saturated carbocycles. The van der Waals surface area contributed by atoms with Crippen LogP contribution in [0.15, 0.2) is 30.3 Å². The lowest BCUT2D eigenvalue weighted by Gasteiger charge is -2.38. The average Bonchev–Trinajstić information content (AvgIpc) is 3.29. The van der Waals surface area contributed by atoms with E-state index in [1.54, 1.807) is 0 Å². The van der Waals surface area contributed by atoms with Gasteiger partial charge < -0.3 is 10.4 Å². The quantitative estimate of drug-likeness (QED) is 0.752. The Kier molecular flexibility index (Phi) is 4.97. The third kappa shape index (κ3) is 3.35. The highest BCUT2D eigenvalue weighted by Gasteiger charge is 2.37. The summed E-state index contributed by atoms with van der Waals surface area (Å²) in [5.74, 6) is 0. The minimum atomic E-state index is -0.339. The van der Waals surface area contributed by atoms with Gasteiger partial charge in [0, 0.05) is 12.6 Å². The molecule has 0 spiro atoms. The molecule has 0 aliphatic heterocycles. The molecule has 3 heteroatoms. The van der Waals surface area contributed by atoms with Crippen LogP contribution in [0.25, 0.3) is 0 Å². The maximum absolute atomic E-state index is 10.0. The summed E-state index contributed by atoms with van der Waals surface area (Å²) in [6.45, 7) is 7.22. The van der Waals surface area contributed by atoms with E-state index in [1.165, 1.54) is 18.4 Å². The van der Waals surface area contributed by atoms with Crippen molar-refractivity contribution in [3.05, 3.63) is 35.9 Å². The second-order valence-corrected chi connectivity index (χ2v) is 5.43. The number of likely N-dealkylation sites (N-methyl/N-ethyl adjacent to an activating group) is 2. The smallest absolute Gasteiger partial charge is 0.0797 e. The van der Waals surface area contributed by atoms with E-state index in [0.717, 1.165) is 25.7 Å². The van der Waals surface area contributed by atoms with Gasteiger partial charge in [-0.05, 0) is 31.5 Å². The van der Waals surface area contributed by atoms with Crippen LogP contribution in [0.4, 0.5) is 0 Å². The van der Waals surface area contributed by atoms with Gasteiger partial charge >= 0.3 is 0 Å². The highest BCUT2D eigenvalue weighted by Crippen LogP contribution is 2.30. The van der Waals surface area contributed by atoms with Gasteiger partial charge in [0.2, 0.25) is 0 Å². The van der Waals surface area contributed by atoms with E-state index in [4.69, 9.17) is 0 Å². The van der Waals surface area contributed by atoms with Crippen molar-refractivity contribution in [2.24, 2.45) is 0 Å². The van der Waals surface area contributed by atoms with Gasteiger partial charge in [-0.15, -0.1) is 0 Å². The van der Waals surface area contributed by atoms with Crippen LogP contribution in [0.5, 0.6) is 0 Å². The molecule has 0 saturated heterocycles. The molecule has 0 heterocycles. The molecular formula is C16H26N2O. The fraction of sp³-hybridized carbons (Fsp3) is 0.625. The van der Waals surface area contributed by atoms with Crippen molar-refractivity contribution in [3.63, 3.8) is 0 Å². The van der Waals surface area contributed by atoms with Crippen LogP contribution in [-0.2, 0) is 5.54 Å². The monoisotopic (exact) mass is 262 g/mol. The average molecular weight is 262 g/mol. The number of nitrogens with one attached hydrogen (secondary N) is 1. The molecule has 3 nitrogen and oxygen atoms in total. The first-order chi connectivity index (χ1) is 9.25. The molecule has 0 amide bonds. The van der Waals surface area contributed by atoms with Gasteiger partial charge in [-0.3, -0.25) is 4.90 Å². The largest absolute Gasteiger partial charge is 0.394 e. The Labute approximate surface area is 116 Å². The molecule has 1 aromatic rings. The lowest BCUT2D eigenvalue weighted by atomic mass is 9.89. The van der Waals surface area contributed by atoms with Crippen LogP contribution in [-0.4, -0.2) is 42.3 Å². The van der Waals surface area contributed by atoms with Crippen LogP contribution in [0, 0.1) is 0 Å². The van der Waals surface area contributed by atoms with E-state index in [2.05, 4.69) is 36.2 Å². The van der Waals surface area contributed by atoms with Crippen molar-refractivity contribution >= 4 is 0 Å². The van der Waals surface area contributed by atoms with Gasteiger partial charge in [0.15, 0.2) is 0 Å².